The number of nitrogens with one attached hydrogen (secondary N) is 2. The van der Waals surface area contributed by atoms with E-state index in [-0.39, 0.29) is 6.61 Å². The largest absolute Gasteiger partial charge is 0.395 e. The second kappa shape index (κ2) is 7.33. The SMILES string of the molecule is OCCn1cnc2c(-c3cscn3)cc(Nc3ncc(-c4nn[nH]n4)cn3)cc21. The molecule has 12 heteroatoms. The molecule has 0 fully saturated rings. The number of rotatable bonds is 6. The van der Waals surface area contributed by atoms with Crippen molar-refractivity contribution in [1.82, 2.24) is 45.1 Å². The van der Waals surface area contributed by atoms with Gasteiger partial charge in [0.05, 0.1) is 40.7 Å². The molecule has 0 bridgehead atoms. The summed E-state index contributed by atoms with van der Waals surface area (Å²) in [4.78, 5) is 17.6. The number of benzene rings is 1. The van der Waals surface area contributed by atoms with Gasteiger partial charge in [-0.15, -0.1) is 21.5 Å². The van der Waals surface area contributed by atoms with E-state index in [2.05, 4.69) is 45.9 Å². The lowest BCUT2D eigenvalue weighted by atomic mass is 10.1. The molecule has 5 aromatic rings. The first-order valence-electron chi connectivity index (χ1n) is 8.63. The number of H-pyrrole nitrogens is 1. The van der Waals surface area contributed by atoms with Crippen molar-refractivity contribution in [3.05, 3.63) is 41.7 Å². The van der Waals surface area contributed by atoms with Gasteiger partial charge in [-0.2, -0.15) is 5.21 Å². The third-order valence-electron chi connectivity index (χ3n) is 4.29. The van der Waals surface area contributed by atoms with E-state index in [0.29, 0.717) is 23.9 Å². The standard InChI is InChI=1S/C17H14N10OS/c28-2-1-27-8-20-15-12(13-7-29-9-21-13)3-11(4-14(15)27)22-17-18-5-10(6-19-17)16-23-25-26-24-16/h3-9,28H,1-2H2,(H,18,19,22)(H,23,24,25,26). The molecule has 0 unspecified atom stereocenters. The van der Waals surface area contributed by atoms with Crippen LogP contribution in [0.1, 0.15) is 0 Å². The summed E-state index contributed by atoms with van der Waals surface area (Å²) in [5.74, 6) is 0.853. The third kappa shape index (κ3) is 3.30. The lowest BCUT2D eigenvalue weighted by molar-refractivity contribution is 0.278. The molecule has 0 aliphatic rings. The zero-order valence-corrected chi connectivity index (χ0v) is 15.7. The maximum Gasteiger partial charge on any atom is 0.227 e. The van der Waals surface area contributed by atoms with Crippen LogP contribution in [0.25, 0.3) is 33.7 Å². The van der Waals surface area contributed by atoms with Crippen LogP contribution in [0.2, 0.25) is 0 Å². The zero-order valence-electron chi connectivity index (χ0n) is 14.9. The second-order valence-electron chi connectivity index (χ2n) is 6.08. The van der Waals surface area contributed by atoms with Crippen molar-refractivity contribution < 1.29 is 5.11 Å². The Hall–Kier alpha value is -3.77. The van der Waals surface area contributed by atoms with Gasteiger partial charge >= 0.3 is 0 Å². The highest BCUT2D eigenvalue weighted by atomic mass is 32.1. The molecule has 0 saturated heterocycles. The van der Waals surface area contributed by atoms with Crippen molar-refractivity contribution >= 4 is 34.0 Å². The van der Waals surface area contributed by atoms with Gasteiger partial charge < -0.3 is 15.0 Å². The fraction of sp³-hybridized carbons (Fsp3) is 0.118. The summed E-state index contributed by atoms with van der Waals surface area (Å²) in [6.07, 6.45) is 4.96. The topological polar surface area (TPSA) is 143 Å². The van der Waals surface area contributed by atoms with Crippen LogP contribution in [-0.4, -0.2) is 56.8 Å². The van der Waals surface area contributed by atoms with E-state index in [0.717, 1.165) is 28.0 Å². The quantitative estimate of drug-likeness (QED) is 0.385. The summed E-state index contributed by atoms with van der Waals surface area (Å²) in [7, 11) is 0. The van der Waals surface area contributed by atoms with Crippen molar-refractivity contribution in [3.8, 4) is 22.6 Å². The number of thiazole rings is 1. The molecular formula is C17H14N10OS. The van der Waals surface area contributed by atoms with Crippen LogP contribution in [0.3, 0.4) is 0 Å². The fourth-order valence-corrected chi connectivity index (χ4v) is 3.54. The van der Waals surface area contributed by atoms with Gasteiger partial charge in [-0.05, 0) is 17.3 Å². The molecule has 0 aliphatic heterocycles. The van der Waals surface area contributed by atoms with Gasteiger partial charge in [0.2, 0.25) is 11.8 Å². The Balaban J connectivity index is 1.53. The second-order valence-corrected chi connectivity index (χ2v) is 6.80. The van der Waals surface area contributed by atoms with Crippen molar-refractivity contribution in [2.24, 2.45) is 0 Å². The van der Waals surface area contributed by atoms with Crippen molar-refractivity contribution in [2.75, 3.05) is 11.9 Å². The van der Waals surface area contributed by atoms with E-state index in [4.69, 9.17) is 0 Å². The molecule has 0 saturated carbocycles. The molecule has 4 heterocycles. The summed E-state index contributed by atoms with van der Waals surface area (Å²) >= 11 is 1.52. The Morgan fingerprint density at radius 2 is 2.03 bits per heavy atom. The van der Waals surface area contributed by atoms with E-state index >= 15 is 0 Å². The summed E-state index contributed by atoms with van der Waals surface area (Å²) < 4.78 is 1.90. The highest BCUT2D eigenvalue weighted by Crippen LogP contribution is 2.32. The van der Waals surface area contributed by atoms with Crippen LogP contribution in [0.4, 0.5) is 11.6 Å². The van der Waals surface area contributed by atoms with Crippen molar-refractivity contribution in [2.45, 2.75) is 6.54 Å². The van der Waals surface area contributed by atoms with E-state index in [1.54, 1.807) is 24.2 Å². The van der Waals surface area contributed by atoms with E-state index in [1.165, 1.54) is 11.3 Å². The first-order valence-corrected chi connectivity index (χ1v) is 9.57. The van der Waals surface area contributed by atoms with Gasteiger partial charge in [0.15, 0.2) is 0 Å². The van der Waals surface area contributed by atoms with E-state index in [1.807, 2.05) is 22.1 Å². The molecule has 0 atom stereocenters. The van der Waals surface area contributed by atoms with Gasteiger partial charge in [0.25, 0.3) is 0 Å². The number of tetrazole rings is 1. The van der Waals surface area contributed by atoms with Gasteiger partial charge in [-0.3, -0.25) is 0 Å². The molecule has 0 spiro atoms. The number of imidazole rings is 1. The minimum absolute atomic E-state index is 0.0236. The molecule has 11 nitrogen and oxygen atoms in total. The first kappa shape index (κ1) is 17.3. The van der Waals surface area contributed by atoms with Gasteiger partial charge in [0, 0.05) is 35.6 Å². The number of hydrogen-bond donors (Lipinski definition) is 3. The highest BCUT2D eigenvalue weighted by Gasteiger charge is 2.14. The van der Waals surface area contributed by atoms with Gasteiger partial charge in [-0.25, -0.2) is 19.9 Å². The smallest absolute Gasteiger partial charge is 0.227 e. The number of aliphatic hydroxyl groups is 1. The zero-order chi connectivity index (χ0) is 19.6. The monoisotopic (exact) mass is 406 g/mol. The Labute approximate surface area is 167 Å². The lowest BCUT2D eigenvalue weighted by Gasteiger charge is -2.09. The van der Waals surface area contributed by atoms with Crippen LogP contribution in [0, 0.1) is 0 Å². The average molecular weight is 406 g/mol. The third-order valence-corrected chi connectivity index (χ3v) is 4.87. The number of aromatic amines is 1. The maximum atomic E-state index is 9.35. The highest BCUT2D eigenvalue weighted by molar-refractivity contribution is 7.07. The Morgan fingerprint density at radius 1 is 1.14 bits per heavy atom. The Bertz CT molecular complexity index is 1230. The normalized spacial score (nSPS) is 11.2. The number of fused-ring (bicyclic) bond motifs is 1. The summed E-state index contributed by atoms with van der Waals surface area (Å²) in [6.45, 7) is 0.474. The van der Waals surface area contributed by atoms with Crippen LogP contribution in [-0.2, 0) is 6.54 Å². The molecule has 0 aliphatic carbocycles. The molecule has 0 amide bonds. The Kier molecular flexibility index (Phi) is 4.38. The molecule has 0 radical (unpaired) electrons. The predicted molar refractivity (Wildman–Crippen MR) is 106 cm³/mol. The fourth-order valence-electron chi connectivity index (χ4n) is 2.98. The van der Waals surface area contributed by atoms with E-state index in [9.17, 15) is 5.11 Å². The number of aromatic nitrogens is 9. The van der Waals surface area contributed by atoms with Gasteiger partial charge in [0.1, 0.15) is 0 Å². The molecular weight excluding hydrogens is 392 g/mol. The van der Waals surface area contributed by atoms with Crippen LogP contribution < -0.4 is 5.32 Å². The summed E-state index contributed by atoms with van der Waals surface area (Å²) in [5, 5.41) is 28.3. The molecule has 4 aromatic heterocycles. The van der Waals surface area contributed by atoms with E-state index < -0.39 is 0 Å². The predicted octanol–water partition coefficient (Wildman–Crippen LogP) is 1.87. The Morgan fingerprint density at radius 3 is 2.76 bits per heavy atom. The molecule has 1 aromatic carbocycles. The average Bonchev–Trinajstić information content (AvgIpc) is 3.51. The minimum Gasteiger partial charge on any atom is -0.395 e. The maximum absolute atomic E-state index is 9.35. The molecule has 144 valence electrons. The summed E-state index contributed by atoms with van der Waals surface area (Å²) in [6, 6.07) is 3.91. The van der Waals surface area contributed by atoms with Gasteiger partial charge in [-0.1, -0.05) is 0 Å². The van der Waals surface area contributed by atoms with Crippen LogP contribution in [0.15, 0.2) is 41.7 Å². The minimum atomic E-state index is 0.0236. The number of aliphatic hydroxyl groups excluding tert-OH is 1. The number of hydrogen-bond acceptors (Lipinski definition) is 10. The number of anilines is 2. The molecule has 3 N–H and O–H groups in total. The van der Waals surface area contributed by atoms with Crippen molar-refractivity contribution in [1.29, 1.82) is 0 Å². The van der Waals surface area contributed by atoms with Crippen LogP contribution in [0.5, 0.6) is 0 Å². The van der Waals surface area contributed by atoms with Crippen LogP contribution >= 0.6 is 11.3 Å². The first-order chi connectivity index (χ1) is 14.3. The van der Waals surface area contributed by atoms with Crippen molar-refractivity contribution in [3.63, 3.8) is 0 Å². The number of nitrogens with zero attached hydrogens (tertiary/aromatic N) is 8. The lowest BCUT2D eigenvalue weighted by Crippen LogP contribution is -2.01. The molecule has 29 heavy (non-hydrogen) atoms. The summed E-state index contributed by atoms with van der Waals surface area (Å²) in [5.41, 5.74) is 6.67. The molecule has 5 rings (SSSR count).